The lowest BCUT2D eigenvalue weighted by Crippen LogP contribution is -2.50. The predicted octanol–water partition coefficient (Wildman–Crippen LogP) is 1.85. The fourth-order valence-corrected chi connectivity index (χ4v) is 2.24. The zero-order chi connectivity index (χ0) is 16.1. The summed E-state index contributed by atoms with van der Waals surface area (Å²) in [5.74, 6) is 5.15. The number of amides is 1. The van der Waals surface area contributed by atoms with Crippen LogP contribution in [0.2, 0.25) is 0 Å². The number of hydrogen-bond acceptors (Lipinski definition) is 5. The normalized spacial score (nSPS) is 17.9. The number of rotatable bonds is 5. The third-order valence-corrected chi connectivity index (χ3v) is 3.60. The van der Waals surface area contributed by atoms with E-state index in [4.69, 9.17) is 15.5 Å². The van der Waals surface area contributed by atoms with E-state index >= 15 is 0 Å². The lowest BCUT2D eigenvalue weighted by molar-refractivity contribution is 0.0115. The molecule has 0 spiro atoms. The highest BCUT2D eigenvalue weighted by molar-refractivity contribution is 5.68. The van der Waals surface area contributed by atoms with Gasteiger partial charge in [0.1, 0.15) is 5.60 Å². The van der Waals surface area contributed by atoms with Crippen LogP contribution in [0, 0.1) is 5.41 Å². The molecule has 1 rings (SSSR count). The van der Waals surface area contributed by atoms with Crippen molar-refractivity contribution in [2.45, 2.75) is 46.6 Å². The Labute approximate surface area is 128 Å². The van der Waals surface area contributed by atoms with E-state index in [0.717, 1.165) is 39.1 Å². The van der Waals surface area contributed by atoms with Crippen LogP contribution in [0.3, 0.4) is 0 Å². The van der Waals surface area contributed by atoms with Crippen molar-refractivity contribution in [3.05, 3.63) is 0 Å². The Morgan fingerprint density at radius 2 is 1.67 bits per heavy atom. The first-order valence-corrected chi connectivity index (χ1v) is 7.65. The smallest absolute Gasteiger partial charge is 0.410 e. The second-order valence-corrected chi connectivity index (χ2v) is 7.53. The van der Waals surface area contributed by atoms with Gasteiger partial charge in [0, 0.05) is 26.2 Å². The number of carbonyl (C=O) groups is 1. The topological polar surface area (TPSA) is 68.0 Å². The van der Waals surface area contributed by atoms with Gasteiger partial charge in [-0.2, -0.15) is 0 Å². The predicted molar refractivity (Wildman–Crippen MR) is 82.8 cm³/mol. The third-order valence-electron chi connectivity index (χ3n) is 3.60. The molecule has 21 heavy (non-hydrogen) atoms. The van der Waals surface area contributed by atoms with Crippen molar-refractivity contribution in [2.24, 2.45) is 11.3 Å². The molecule has 0 aromatic rings. The summed E-state index contributed by atoms with van der Waals surface area (Å²) in [7, 11) is 0. The molecule has 0 saturated carbocycles. The average molecular weight is 301 g/mol. The highest BCUT2D eigenvalue weighted by Crippen LogP contribution is 2.21. The van der Waals surface area contributed by atoms with Gasteiger partial charge in [-0.15, -0.1) is 0 Å². The molecule has 0 unspecified atom stereocenters. The number of hydrogen-bond donors (Lipinski definition) is 1. The van der Waals surface area contributed by atoms with E-state index in [-0.39, 0.29) is 11.5 Å². The molecule has 0 atom stereocenters. The second-order valence-electron chi connectivity index (χ2n) is 7.53. The summed E-state index contributed by atoms with van der Waals surface area (Å²) in [6.07, 6.45) is 0.815. The molecule has 0 radical (unpaired) electrons. The molecule has 2 N–H and O–H groups in total. The molecule has 0 bridgehead atoms. The first-order valence-electron chi connectivity index (χ1n) is 7.65. The molecule has 1 aliphatic rings. The van der Waals surface area contributed by atoms with Crippen LogP contribution >= 0.6 is 0 Å². The van der Waals surface area contributed by atoms with Gasteiger partial charge in [0.2, 0.25) is 0 Å². The molecule has 0 aromatic heterocycles. The van der Waals surface area contributed by atoms with Crippen molar-refractivity contribution >= 4 is 6.09 Å². The first-order chi connectivity index (χ1) is 9.63. The van der Waals surface area contributed by atoms with Gasteiger partial charge in [0.15, 0.2) is 0 Å². The van der Waals surface area contributed by atoms with E-state index in [2.05, 4.69) is 18.7 Å². The van der Waals surface area contributed by atoms with Crippen LogP contribution in [0.1, 0.15) is 41.0 Å². The highest BCUT2D eigenvalue weighted by atomic mass is 16.6. The van der Waals surface area contributed by atoms with Crippen molar-refractivity contribution in [1.82, 2.24) is 9.80 Å². The minimum Gasteiger partial charge on any atom is -0.444 e. The van der Waals surface area contributed by atoms with E-state index in [1.54, 1.807) is 4.90 Å². The monoisotopic (exact) mass is 301 g/mol. The summed E-state index contributed by atoms with van der Waals surface area (Å²) in [6, 6.07) is 0. The minimum atomic E-state index is -0.430. The van der Waals surface area contributed by atoms with Crippen molar-refractivity contribution in [3.63, 3.8) is 0 Å². The number of carbonyl (C=O) groups excluding carboxylic acids is 1. The van der Waals surface area contributed by atoms with Gasteiger partial charge in [-0.05, 0) is 39.2 Å². The quantitative estimate of drug-likeness (QED) is 0.785. The molecule has 1 heterocycles. The van der Waals surface area contributed by atoms with Gasteiger partial charge in [-0.25, -0.2) is 10.7 Å². The van der Waals surface area contributed by atoms with Crippen molar-refractivity contribution in [1.29, 1.82) is 0 Å². The summed E-state index contributed by atoms with van der Waals surface area (Å²) in [6.45, 7) is 14.8. The largest absolute Gasteiger partial charge is 0.444 e. The molecule has 6 heteroatoms. The van der Waals surface area contributed by atoms with Crippen LogP contribution < -0.4 is 5.90 Å². The minimum absolute atomic E-state index is 0.0804. The molecular formula is C15H31N3O3. The Balaban J connectivity index is 2.31. The summed E-state index contributed by atoms with van der Waals surface area (Å²) in [4.78, 5) is 20.9. The number of nitrogens with two attached hydrogens (primary N) is 1. The average Bonchev–Trinajstić information content (AvgIpc) is 2.35. The molecule has 6 nitrogen and oxygen atoms in total. The van der Waals surface area contributed by atoms with Crippen molar-refractivity contribution < 1.29 is 14.4 Å². The van der Waals surface area contributed by atoms with E-state index in [1.807, 2.05) is 20.8 Å². The molecule has 1 fully saturated rings. The van der Waals surface area contributed by atoms with Crippen LogP contribution in [0.25, 0.3) is 0 Å². The number of nitrogens with zero attached hydrogens (tertiary/aromatic N) is 2. The zero-order valence-corrected chi connectivity index (χ0v) is 14.1. The van der Waals surface area contributed by atoms with Gasteiger partial charge in [-0.3, -0.25) is 4.90 Å². The Morgan fingerprint density at radius 3 is 2.14 bits per heavy atom. The third kappa shape index (κ3) is 7.11. The van der Waals surface area contributed by atoms with Crippen molar-refractivity contribution in [3.8, 4) is 0 Å². The lowest BCUT2D eigenvalue weighted by Gasteiger charge is -2.36. The molecule has 1 saturated heterocycles. The van der Waals surface area contributed by atoms with Gasteiger partial charge in [0.05, 0.1) is 6.61 Å². The Bertz CT molecular complexity index is 332. The maximum atomic E-state index is 12.0. The molecule has 0 aromatic carbocycles. The van der Waals surface area contributed by atoms with Crippen LogP contribution in [0.4, 0.5) is 4.79 Å². The summed E-state index contributed by atoms with van der Waals surface area (Å²) < 4.78 is 5.40. The summed E-state index contributed by atoms with van der Waals surface area (Å²) in [5.41, 5.74) is -0.350. The zero-order valence-electron chi connectivity index (χ0n) is 14.1. The second kappa shape index (κ2) is 7.42. The summed E-state index contributed by atoms with van der Waals surface area (Å²) >= 11 is 0. The van der Waals surface area contributed by atoms with Gasteiger partial charge < -0.3 is 14.5 Å². The first kappa shape index (κ1) is 18.2. The standard InChI is InChI=1S/C15H31N3O3/c1-14(2,3)21-13(19)18-10-8-17(9-11-18)7-6-15(4,5)12-20-16/h6-12,16H2,1-5H3. The van der Waals surface area contributed by atoms with E-state index < -0.39 is 5.60 Å². The van der Waals surface area contributed by atoms with Crippen LogP contribution in [0.15, 0.2) is 0 Å². The SMILES string of the molecule is CC(C)(CCN1CCN(C(=O)OC(C)(C)C)CC1)CON. The Hall–Kier alpha value is -0.850. The van der Waals surface area contributed by atoms with Gasteiger partial charge in [0.25, 0.3) is 0 Å². The van der Waals surface area contributed by atoms with E-state index in [9.17, 15) is 4.79 Å². The van der Waals surface area contributed by atoms with Crippen LogP contribution in [0.5, 0.6) is 0 Å². The maximum absolute atomic E-state index is 12.0. The van der Waals surface area contributed by atoms with E-state index in [1.165, 1.54) is 0 Å². The fraction of sp³-hybridized carbons (Fsp3) is 0.933. The van der Waals surface area contributed by atoms with Gasteiger partial charge >= 0.3 is 6.09 Å². The molecule has 0 aliphatic carbocycles. The Kier molecular flexibility index (Phi) is 6.43. The van der Waals surface area contributed by atoms with Crippen molar-refractivity contribution in [2.75, 3.05) is 39.3 Å². The lowest BCUT2D eigenvalue weighted by atomic mass is 9.90. The van der Waals surface area contributed by atoms with Gasteiger partial charge in [-0.1, -0.05) is 13.8 Å². The maximum Gasteiger partial charge on any atom is 0.410 e. The summed E-state index contributed by atoms with van der Waals surface area (Å²) in [5, 5.41) is 0. The fourth-order valence-electron chi connectivity index (χ4n) is 2.24. The molecule has 124 valence electrons. The number of ether oxygens (including phenoxy) is 1. The van der Waals surface area contributed by atoms with Crippen LogP contribution in [-0.2, 0) is 9.57 Å². The molecule has 1 amide bonds. The number of piperazine rings is 1. The Morgan fingerprint density at radius 1 is 1.10 bits per heavy atom. The molecular weight excluding hydrogens is 270 g/mol. The molecule has 1 aliphatic heterocycles. The van der Waals surface area contributed by atoms with E-state index in [0.29, 0.717) is 6.61 Å². The highest BCUT2D eigenvalue weighted by Gasteiger charge is 2.27. The van der Waals surface area contributed by atoms with Crippen LogP contribution in [-0.4, -0.2) is 60.8 Å².